The zero-order valence-electron chi connectivity index (χ0n) is 11.9. The SMILES string of the molecule is CCCN1CCN(S(=O)(=O)c2cc(CCl)oc2C)CC1. The number of furan rings is 1. The van der Waals surface area contributed by atoms with Crippen molar-refractivity contribution in [1.29, 1.82) is 0 Å². The Morgan fingerprint density at radius 2 is 1.95 bits per heavy atom. The monoisotopic (exact) mass is 320 g/mol. The number of nitrogens with zero attached hydrogens (tertiary/aromatic N) is 2. The van der Waals surface area contributed by atoms with Gasteiger partial charge >= 0.3 is 0 Å². The highest BCUT2D eigenvalue weighted by atomic mass is 35.5. The highest BCUT2D eigenvalue weighted by Crippen LogP contribution is 2.25. The first-order chi connectivity index (χ1) is 9.48. The topological polar surface area (TPSA) is 53.8 Å². The van der Waals surface area contributed by atoms with Crippen LogP contribution in [0.15, 0.2) is 15.4 Å². The van der Waals surface area contributed by atoms with Crippen molar-refractivity contribution in [2.45, 2.75) is 31.0 Å². The minimum Gasteiger partial charge on any atom is -0.464 e. The molecule has 114 valence electrons. The second kappa shape index (κ2) is 6.47. The molecule has 0 amide bonds. The summed E-state index contributed by atoms with van der Waals surface area (Å²) in [5, 5.41) is 0. The average Bonchev–Trinajstić information content (AvgIpc) is 2.82. The first-order valence-corrected chi connectivity index (χ1v) is 8.84. The lowest BCUT2D eigenvalue weighted by Crippen LogP contribution is -2.48. The molecule has 0 N–H and O–H groups in total. The molecule has 0 aromatic carbocycles. The zero-order valence-corrected chi connectivity index (χ0v) is 13.5. The van der Waals surface area contributed by atoms with E-state index < -0.39 is 10.0 Å². The molecule has 1 aliphatic heterocycles. The molecule has 1 aliphatic rings. The van der Waals surface area contributed by atoms with Crippen LogP contribution < -0.4 is 0 Å². The maximum Gasteiger partial charge on any atom is 0.246 e. The maximum absolute atomic E-state index is 12.6. The molecule has 5 nitrogen and oxygen atoms in total. The molecule has 0 spiro atoms. The van der Waals surface area contributed by atoms with Gasteiger partial charge in [0, 0.05) is 32.2 Å². The molecular weight excluding hydrogens is 300 g/mol. The molecule has 0 aliphatic carbocycles. The number of hydrogen-bond donors (Lipinski definition) is 0. The molecule has 7 heteroatoms. The van der Waals surface area contributed by atoms with Gasteiger partial charge in [-0.2, -0.15) is 4.31 Å². The average molecular weight is 321 g/mol. The van der Waals surface area contributed by atoms with Crippen molar-refractivity contribution >= 4 is 21.6 Å². The minimum atomic E-state index is -3.47. The molecule has 0 saturated carbocycles. The Hall–Kier alpha value is -0.560. The summed E-state index contributed by atoms with van der Waals surface area (Å²) in [6.45, 7) is 7.45. The van der Waals surface area contributed by atoms with E-state index in [-0.39, 0.29) is 10.8 Å². The van der Waals surface area contributed by atoms with Crippen LogP contribution in [0, 0.1) is 6.92 Å². The van der Waals surface area contributed by atoms with E-state index in [4.69, 9.17) is 16.0 Å². The van der Waals surface area contributed by atoms with Crippen molar-refractivity contribution < 1.29 is 12.8 Å². The molecule has 2 rings (SSSR count). The van der Waals surface area contributed by atoms with Gasteiger partial charge in [-0.1, -0.05) is 6.92 Å². The fourth-order valence-electron chi connectivity index (χ4n) is 2.49. The van der Waals surface area contributed by atoms with Crippen LogP contribution in [-0.4, -0.2) is 50.3 Å². The summed E-state index contributed by atoms with van der Waals surface area (Å²) >= 11 is 5.69. The van der Waals surface area contributed by atoms with Crippen LogP contribution in [0.3, 0.4) is 0 Å². The first-order valence-electron chi connectivity index (χ1n) is 6.86. The van der Waals surface area contributed by atoms with E-state index in [0.29, 0.717) is 24.6 Å². The van der Waals surface area contributed by atoms with E-state index in [9.17, 15) is 8.42 Å². The van der Waals surface area contributed by atoms with Gasteiger partial charge < -0.3 is 9.32 Å². The van der Waals surface area contributed by atoms with Gasteiger partial charge in [0.25, 0.3) is 0 Å². The van der Waals surface area contributed by atoms with Crippen LogP contribution in [0.4, 0.5) is 0 Å². The van der Waals surface area contributed by atoms with Gasteiger partial charge in [-0.25, -0.2) is 8.42 Å². The number of hydrogen-bond acceptors (Lipinski definition) is 4. The lowest BCUT2D eigenvalue weighted by atomic mass is 10.3. The van der Waals surface area contributed by atoms with Crippen molar-refractivity contribution in [3.63, 3.8) is 0 Å². The van der Waals surface area contributed by atoms with Gasteiger partial charge in [-0.15, -0.1) is 11.6 Å². The predicted molar refractivity (Wildman–Crippen MR) is 78.5 cm³/mol. The molecule has 2 heterocycles. The van der Waals surface area contributed by atoms with Crippen molar-refractivity contribution in [3.05, 3.63) is 17.6 Å². The summed E-state index contributed by atoms with van der Waals surface area (Å²) in [7, 11) is -3.47. The third kappa shape index (κ3) is 3.19. The van der Waals surface area contributed by atoms with Crippen LogP contribution in [0.2, 0.25) is 0 Å². The van der Waals surface area contributed by atoms with Crippen molar-refractivity contribution in [2.75, 3.05) is 32.7 Å². The second-order valence-electron chi connectivity index (χ2n) is 5.01. The first kappa shape index (κ1) is 15.8. The summed E-state index contributed by atoms with van der Waals surface area (Å²) in [6, 6.07) is 1.54. The third-order valence-corrected chi connectivity index (χ3v) is 5.81. The summed E-state index contributed by atoms with van der Waals surface area (Å²) in [4.78, 5) is 2.54. The quantitative estimate of drug-likeness (QED) is 0.779. The highest BCUT2D eigenvalue weighted by molar-refractivity contribution is 7.89. The summed E-state index contributed by atoms with van der Waals surface area (Å²) < 4.78 is 32.1. The Kier molecular flexibility index (Phi) is 5.12. The van der Waals surface area contributed by atoms with Gasteiger partial charge in [0.1, 0.15) is 16.4 Å². The molecular formula is C13H21ClN2O3S. The molecule has 1 aromatic rings. The molecule has 0 atom stereocenters. The Bertz CT molecular complexity index is 548. The fourth-order valence-corrected chi connectivity index (χ4v) is 4.23. The third-order valence-electron chi connectivity index (χ3n) is 3.54. The van der Waals surface area contributed by atoms with Crippen molar-refractivity contribution in [1.82, 2.24) is 9.21 Å². The van der Waals surface area contributed by atoms with Crippen LogP contribution in [0.5, 0.6) is 0 Å². The van der Waals surface area contributed by atoms with Crippen molar-refractivity contribution in [3.8, 4) is 0 Å². The molecule has 20 heavy (non-hydrogen) atoms. The van der Waals surface area contributed by atoms with E-state index in [2.05, 4.69) is 11.8 Å². The summed E-state index contributed by atoms with van der Waals surface area (Å²) in [6.07, 6.45) is 1.09. The predicted octanol–water partition coefficient (Wildman–Crippen LogP) is 2.04. The van der Waals surface area contributed by atoms with Gasteiger partial charge in [-0.3, -0.25) is 0 Å². The summed E-state index contributed by atoms with van der Waals surface area (Å²) in [5.41, 5.74) is 0. The minimum absolute atomic E-state index is 0.181. The van der Waals surface area contributed by atoms with Gasteiger partial charge in [0.2, 0.25) is 10.0 Å². The van der Waals surface area contributed by atoms with Gasteiger partial charge in [0.05, 0.1) is 5.88 Å². The Labute approximate surface area is 125 Å². The van der Waals surface area contributed by atoms with E-state index in [1.165, 1.54) is 10.4 Å². The normalized spacial score (nSPS) is 18.6. The van der Waals surface area contributed by atoms with E-state index in [1.54, 1.807) is 6.92 Å². The number of sulfonamides is 1. The van der Waals surface area contributed by atoms with E-state index in [0.717, 1.165) is 26.1 Å². The Balaban J connectivity index is 2.13. The Morgan fingerprint density at radius 3 is 2.45 bits per heavy atom. The Morgan fingerprint density at radius 1 is 1.30 bits per heavy atom. The summed E-state index contributed by atoms with van der Waals surface area (Å²) in [5.74, 6) is 1.09. The smallest absolute Gasteiger partial charge is 0.246 e. The molecule has 1 fully saturated rings. The maximum atomic E-state index is 12.6. The molecule has 0 radical (unpaired) electrons. The van der Waals surface area contributed by atoms with Crippen molar-refractivity contribution in [2.24, 2.45) is 0 Å². The van der Waals surface area contributed by atoms with Crippen LogP contribution in [0.1, 0.15) is 24.9 Å². The number of rotatable bonds is 5. The number of piperazine rings is 1. The van der Waals surface area contributed by atoms with Crippen LogP contribution in [-0.2, 0) is 15.9 Å². The van der Waals surface area contributed by atoms with Crippen LogP contribution in [0.25, 0.3) is 0 Å². The second-order valence-corrected chi connectivity index (χ2v) is 7.19. The molecule has 1 aromatic heterocycles. The van der Waals surface area contributed by atoms with E-state index >= 15 is 0 Å². The molecule has 0 unspecified atom stereocenters. The fraction of sp³-hybridized carbons (Fsp3) is 0.692. The van der Waals surface area contributed by atoms with Gasteiger partial charge in [-0.05, 0) is 19.9 Å². The highest BCUT2D eigenvalue weighted by Gasteiger charge is 2.31. The largest absolute Gasteiger partial charge is 0.464 e. The molecule has 1 saturated heterocycles. The lowest BCUT2D eigenvalue weighted by molar-refractivity contribution is 0.188. The van der Waals surface area contributed by atoms with Crippen LogP contribution >= 0.6 is 11.6 Å². The number of aryl methyl sites for hydroxylation is 1. The molecule has 0 bridgehead atoms. The number of halogens is 1. The lowest BCUT2D eigenvalue weighted by Gasteiger charge is -2.33. The van der Waals surface area contributed by atoms with Gasteiger partial charge in [0.15, 0.2) is 0 Å². The number of alkyl halides is 1. The standard InChI is InChI=1S/C13H21ClN2O3S/c1-3-4-15-5-7-16(8-6-15)20(17,18)13-9-12(10-14)19-11(13)2/h9H,3-8,10H2,1-2H3. The zero-order chi connectivity index (χ0) is 14.8. The van der Waals surface area contributed by atoms with E-state index in [1.807, 2.05) is 0 Å².